The zero-order valence-electron chi connectivity index (χ0n) is 81.1. The van der Waals surface area contributed by atoms with E-state index in [0.29, 0.717) is 65.5 Å². The number of aromatic nitrogens is 15. The molecular formula is C110H118F2N26O7. The molecule has 7 aliphatic heterocycles. The summed E-state index contributed by atoms with van der Waals surface area (Å²) in [6, 6.07) is 45.1. The molecular weight excluding hydrogens is 1840 g/mol. The van der Waals surface area contributed by atoms with Gasteiger partial charge in [-0.15, -0.1) is 0 Å². The first-order valence-electron chi connectivity index (χ1n) is 50.3. The van der Waals surface area contributed by atoms with Crippen molar-refractivity contribution in [1.82, 2.24) is 95.3 Å². The van der Waals surface area contributed by atoms with Crippen molar-refractivity contribution in [2.75, 3.05) is 141 Å². The van der Waals surface area contributed by atoms with E-state index >= 15 is 0 Å². The normalized spacial score (nSPS) is 16.3. The Kier molecular flexibility index (Phi) is 30.6. The van der Waals surface area contributed by atoms with E-state index in [-0.39, 0.29) is 46.9 Å². The zero-order valence-corrected chi connectivity index (χ0v) is 81.1. The maximum atomic E-state index is 14.8. The molecule has 33 nitrogen and oxygen atoms in total. The third-order valence-corrected chi connectivity index (χ3v) is 27.9. The van der Waals surface area contributed by atoms with Gasteiger partial charge in [-0.25, -0.2) is 23.7 Å². The highest BCUT2D eigenvalue weighted by atomic mass is 19.1. The predicted molar refractivity (Wildman–Crippen MR) is 558 cm³/mol. The summed E-state index contributed by atoms with van der Waals surface area (Å²) in [5.41, 5.74) is 19.7. The van der Waals surface area contributed by atoms with Crippen molar-refractivity contribution >= 4 is 107 Å². The van der Waals surface area contributed by atoms with Gasteiger partial charge < -0.3 is 50.9 Å². The van der Waals surface area contributed by atoms with Crippen LogP contribution < -0.4 is 36.0 Å². The van der Waals surface area contributed by atoms with Crippen LogP contribution >= 0.6 is 0 Å². The fourth-order valence-corrected chi connectivity index (χ4v) is 20.1. The summed E-state index contributed by atoms with van der Waals surface area (Å²) in [6.45, 7) is 19.9. The number of aryl methyl sites for hydroxylation is 1. The van der Waals surface area contributed by atoms with Crippen molar-refractivity contribution in [3.63, 3.8) is 0 Å². The van der Waals surface area contributed by atoms with E-state index in [1.807, 2.05) is 146 Å². The van der Waals surface area contributed by atoms with Crippen molar-refractivity contribution in [2.24, 2.45) is 0 Å². The highest BCUT2D eigenvalue weighted by Gasteiger charge is 2.28. The number of carbonyl (C=O) groups is 4. The van der Waals surface area contributed by atoms with Crippen LogP contribution in [0.15, 0.2) is 214 Å². The van der Waals surface area contributed by atoms with Crippen LogP contribution in [0, 0.1) is 18.6 Å². The molecule has 7 aliphatic rings. The lowest BCUT2D eigenvalue weighted by Crippen LogP contribution is -2.37. The van der Waals surface area contributed by atoms with Crippen LogP contribution in [0.5, 0.6) is 0 Å². The molecule has 16 aromatic rings. The number of hydrogen-bond acceptors (Lipinski definition) is 25. The molecule has 0 atom stereocenters. The summed E-state index contributed by atoms with van der Waals surface area (Å²) in [7, 11) is 0. The van der Waals surface area contributed by atoms with E-state index < -0.39 is 23.4 Å². The number of benzene rings is 5. The van der Waals surface area contributed by atoms with Crippen LogP contribution in [0.2, 0.25) is 0 Å². The predicted octanol–water partition coefficient (Wildman–Crippen LogP) is 17.2. The molecule has 4 amide bonds. The van der Waals surface area contributed by atoms with Gasteiger partial charge in [-0.2, -0.15) is 20.4 Å². The number of nitrogens with zero attached hydrogens (tertiary/aromatic N) is 18. The van der Waals surface area contributed by atoms with Gasteiger partial charge in [0.25, 0.3) is 23.6 Å². The van der Waals surface area contributed by atoms with Gasteiger partial charge in [-0.05, 0) is 269 Å². The Morgan fingerprint density at radius 3 is 1.07 bits per heavy atom. The molecule has 0 saturated carbocycles. The molecule has 0 radical (unpaired) electrons. The summed E-state index contributed by atoms with van der Waals surface area (Å²) in [5, 5.41) is 62.6. The molecule has 11 aromatic heterocycles. The van der Waals surface area contributed by atoms with E-state index in [4.69, 9.17) is 4.74 Å². The Balaban J connectivity index is 0.000000118. The topological polar surface area (TPSA) is 394 Å². The minimum Gasteiger partial charge on any atom is -0.393 e. The lowest BCUT2D eigenvalue weighted by molar-refractivity contribution is 0.0790. The lowest BCUT2D eigenvalue weighted by Gasteiger charge is -2.29. The number of hydrogen-bond donors (Lipinski definition) is 10. The number of aromatic amines is 4. The number of rotatable bonds is 23. The van der Waals surface area contributed by atoms with Crippen LogP contribution in [0.3, 0.4) is 0 Å². The molecule has 10 N–H and O–H groups in total. The third-order valence-electron chi connectivity index (χ3n) is 27.9. The number of pyridine rings is 7. The summed E-state index contributed by atoms with van der Waals surface area (Å²) in [4.78, 5) is 99.6. The van der Waals surface area contributed by atoms with Crippen LogP contribution in [0.25, 0.3) is 88.1 Å². The second-order valence-electron chi connectivity index (χ2n) is 38.5. The maximum Gasteiger partial charge on any atom is 0.276 e. The van der Waals surface area contributed by atoms with Crippen LogP contribution in [-0.4, -0.2) is 246 Å². The van der Waals surface area contributed by atoms with E-state index in [1.54, 1.807) is 24.7 Å². The summed E-state index contributed by atoms with van der Waals surface area (Å²) in [6.07, 6.45) is 35.2. The number of H-pyrrole nitrogens is 4. The van der Waals surface area contributed by atoms with E-state index in [9.17, 15) is 38.2 Å². The zero-order chi connectivity index (χ0) is 99.1. The largest absolute Gasteiger partial charge is 0.393 e. The number of halogens is 2. The number of nitrogens with one attached hydrogen (secondary N) is 8. The number of fused-ring (bicyclic) bond motifs is 4. The molecule has 744 valence electrons. The van der Waals surface area contributed by atoms with Crippen molar-refractivity contribution in [2.45, 2.75) is 135 Å². The molecule has 0 bridgehead atoms. The molecule has 5 aromatic carbocycles. The highest BCUT2D eigenvalue weighted by Crippen LogP contribution is 2.36. The number of ether oxygens (including phenoxy) is 1. The van der Waals surface area contributed by atoms with Gasteiger partial charge in [0.15, 0.2) is 34.4 Å². The van der Waals surface area contributed by atoms with E-state index in [0.717, 1.165) is 236 Å². The van der Waals surface area contributed by atoms with E-state index in [1.165, 1.54) is 106 Å². The summed E-state index contributed by atoms with van der Waals surface area (Å²) in [5.74, 6) is -0.0913. The van der Waals surface area contributed by atoms with Gasteiger partial charge in [0, 0.05) is 197 Å². The van der Waals surface area contributed by atoms with Gasteiger partial charge in [-0.3, -0.25) is 79.1 Å². The number of amides is 4. The second-order valence-corrected chi connectivity index (χ2v) is 38.5. The number of aliphatic hydroxyl groups excluding tert-OH is 2. The Hall–Kier alpha value is -15.1. The molecule has 0 spiro atoms. The first-order valence-corrected chi connectivity index (χ1v) is 50.3. The summed E-state index contributed by atoms with van der Waals surface area (Å²) >= 11 is 0. The van der Waals surface area contributed by atoms with Crippen molar-refractivity contribution in [3.8, 4) is 44.5 Å². The SMILES string of the molecule is Cc1cc(NC(=O)c2n[nH]c3ccc(-c4cncc(CN5CCCCC5)c4)cc23)cnc1N1CCCC1.O=C(Nc1ccc(N2CCCC2)nc1)c1n[nH]c2ccc(-c3cncc(CN4CCC(O)CC4)c3)cc12.O=C(Nc1cccc(F)c1)c1n[nH]c2ccc(-c3cncc(CN4CCC(O)CC4)c3)cc12.O=C(Nc1cnc(N2CCOCC2)c(F)c1)c1n[nH]c2ccc(-c3cncc(CN4CCCCC4)c3)cc12. The Morgan fingerprint density at radius 2 is 0.690 bits per heavy atom. The van der Waals surface area contributed by atoms with Crippen molar-refractivity contribution < 1.29 is 42.9 Å². The molecule has 7 fully saturated rings. The summed E-state index contributed by atoms with van der Waals surface area (Å²) < 4.78 is 33.6. The van der Waals surface area contributed by atoms with E-state index in [2.05, 4.69) is 151 Å². The number of likely N-dealkylation sites (tertiary alicyclic amines) is 4. The van der Waals surface area contributed by atoms with Gasteiger partial charge in [0.05, 0.1) is 83.1 Å². The van der Waals surface area contributed by atoms with Gasteiger partial charge >= 0.3 is 0 Å². The second kappa shape index (κ2) is 45.7. The molecule has 23 rings (SSSR count). The lowest BCUT2D eigenvalue weighted by atomic mass is 10.0. The minimum absolute atomic E-state index is 0.181. The first-order chi connectivity index (χ1) is 70.9. The number of morpholine rings is 1. The molecule has 7 saturated heterocycles. The Morgan fingerprint density at radius 1 is 0.338 bits per heavy atom. The number of carbonyl (C=O) groups excluding carboxylic acids is 4. The monoisotopic (exact) mass is 1950 g/mol. The number of piperidine rings is 4. The third kappa shape index (κ3) is 24.2. The molecule has 0 aliphatic carbocycles. The van der Waals surface area contributed by atoms with Crippen LogP contribution in [0.1, 0.15) is 160 Å². The molecule has 18 heterocycles. The van der Waals surface area contributed by atoms with Gasteiger partial charge in [-0.1, -0.05) is 43.2 Å². The smallest absolute Gasteiger partial charge is 0.276 e. The number of aliphatic hydroxyl groups is 2. The fraction of sp³-hybridized carbons (Fsp3) is 0.336. The van der Waals surface area contributed by atoms with Crippen molar-refractivity contribution in [1.29, 1.82) is 0 Å². The van der Waals surface area contributed by atoms with Crippen LogP contribution in [-0.2, 0) is 30.9 Å². The van der Waals surface area contributed by atoms with Crippen LogP contribution in [0.4, 0.5) is 49.0 Å². The molecule has 0 unspecified atom stereocenters. The van der Waals surface area contributed by atoms with Crippen molar-refractivity contribution in [3.05, 3.63) is 276 Å². The number of anilines is 7. The minimum atomic E-state index is -0.490. The quantitative estimate of drug-likeness (QED) is 0.0284. The molecule has 35 heteroatoms. The average molecular weight is 1950 g/mol. The first kappa shape index (κ1) is 97.3. The molecule has 145 heavy (non-hydrogen) atoms. The maximum absolute atomic E-state index is 14.8. The van der Waals surface area contributed by atoms with Gasteiger partial charge in [0.1, 0.15) is 17.5 Å². The average Bonchev–Trinajstić information content (AvgIpc) is 1.67. The standard InChI is InChI=1S/C29H33N7O.C28H30FN7O2.C28H31N7O2.C25H24FN5O2/c1-20-13-24(18-31-28(20)36-11-5-6-12-36)32-29(37)27-25-15-22(7-8-26(25)33-34-27)23-14-21(16-30-17-23)19-35-9-3-2-4-10-35;29-24-14-22(17-31-27(24)36-8-10-38-11-9-36)32-28(37)26-23-13-20(4-5-25(23)33-34-26)21-12-19(15-30-16-21)18-35-6-2-1-3-7-35;36-23-7-11-34(12-8-23)18-19-13-21(16-29-15-19)20-3-5-25-24(14-20)27(33-32-25)28(37)31-22-4-6-26(30-17-22)35-9-1-2-10-35;26-19-2-1-3-20(12-19)28-25(33)24-22-11-17(4-5-23(22)29-30-24)18-10-16(13-27-14-18)15-31-8-6-21(32)7-9-31/h7-8,13-18H,2-6,9-12,19H2,1H3,(H,32,37)(H,33,34);4-5,12-17H,1-3,6-11,18H2,(H,32,37)(H,33,34);3-6,13-17,23,36H,1-2,7-12,18H2,(H,31,37)(H,32,33);1-5,10-14,21,32H,6-9,15H2,(H,28,33)(H,29,30). The van der Waals surface area contributed by atoms with Gasteiger partial charge in [0.2, 0.25) is 0 Å². The highest BCUT2D eigenvalue weighted by molar-refractivity contribution is 6.15. The fourth-order valence-electron chi connectivity index (χ4n) is 20.1. The Labute approximate surface area is 837 Å². The Bertz CT molecular complexity index is 7250.